The van der Waals surface area contributed by atoms with Crippen molar-refractivity contribution in [3.63, 3.8) is 0 Å². The molecule has 1 aromatic rings. The number of nitrogens with two attached hydrogens (primary N) is 1. The summed E-state index contributed by atoms with van der Waals surface area (Å²) in [6.07, 6.45) is 4.92. The Labute approximate surface area is 148 Å². The second-order valence-electron chi connectivity index (χ2n) is 7.77. The first-order chi connectivity index (χ1) is 12.2. The minimum Gasteiger partial charge on any atom is -0.355 e. The van der Waals surface area contributed by atoms with Gasteiger partial charge in [-0.2, -0.15) is 0 Å². The normalized spacial score (nSPS) is 30.2. The molecule has 0 bridgehead atoms. The van der Waals surface area contributed by atoms with E-state index in [4.69, 9.17) is 5.73 Å². The highest BCUT2D eigenvalue weighted by Crippen LogP contribution is 2.62. The molecular formula is C20H27N3O2. The first kappa shape index (κ1) is 16.6. The zero-order chi connectivity index (χ0) is 17.4. The van der Waals surface area contributed by atoms with Crippen molar-refractivity contribution < 1.29 is 9.59 Å². The maximum atomic E-state index is 13.1. The van der Waals surface area contributed by atoms with E-state index in [0.717, 1.165) is 38.6 Å². The van der Waals surface area contributed by atoms with Gasteiger partial charge in [0.15, 0.2) is 0 Å². The molecule has 1 heterocycles. The molecule has 134 valence electrons. The maximum Gasteiger partial charge on any atom is 0.226 e. The van der Waals surface area contributed by atoms with Crippen molar-refractivity contribution in [1.29, 1.82) is 0 Å². The lowest BCUT2D eigenvalue weighted by Crippen LogP contribution is -2.47. The van der Waals surface area contributed by atoms with Crippen LogP contribution in [0.1, 0.15) is 36.8 Å². The van der Waals surface area contributed by atoms with Crippen LogP contribution in [0.15, 0.2) is 24.3 Å². The van der Waals surface area contributed by atoms with Crippen LogP contribution >= 0.6 is 0 Å². The lowest BCUT2D eigenvalue weighted by Gasteiger charge is -2.32. The Balaban J connectivity index is 1.42. The van der Waals surface area contributed by atoms with Crippen molar-refractivity contribution in [2.45, 2.75) is 37.5 Å². The SMILES string of the molecule is NCCNC(=O)C1CCCN(C(=O)C2CC23CCc2ccccc23)C1. The Morgan fingerprint density at radius 1 is 1.32 bits per heavy atom. The second kappa shape index (κ2) is 6.45. The number of nitrogens with one attached hydrogen (secondary N) is 1. The molecule has 5 nitrogen and oxygen atoms in total. The molecule has 1 saturated carbocycles. The van der Waals surface area contributed by atoms with E-state index in [9.17, 15) is 9.59 Å². The first-order valence-corrected chi connectivity index (χ1v) is 9.50. The molecule has 3 unspecified atom stereocenters. The molecular weight excluding hydrogens is 314 g/mol. The highest BCUT2D eigenvalue weighted by Gasteiger charge is 2.62. The summed E-state index contributed by atoms with van der Waals surface area (Å²) in [5.74, 6) is 0.324. The standard InChI is InChI=1S/C20H27N3O2/c21-9-10-22-18(24)15-5-3-11-23(13-15)19(25)17-12-20(17)8-7-14-4-1-2-6-16(14)20/h1-2,4,6,15,17H,3,5,7-13,21H2,(H,22,24). The molecule has 0 radical (unpaired) electrons. The van der Waals surface area contributed by atoms with E-state index < -0.39 is 0 Å². The summed E-state index contributed by atoms with van der Waals surface area (Å²) >= 11 is 0. The van der Waals surface area contributed by atoms with E-state index in [1.54, 1.807) is 0 Å². The number of carbonyl (C=O) groups excluding carboxylic acids is 2. The topological polar surface area (TPSA) is 75.4 Å². The van der Waals surface area contributed by atoms with Gasteiger partial charge in [-0.05, 0) is 43.2 Å². The van der Waals surface area contributed by atoms with Crippen LogP contribution in [0.2, 0.25) is 0 Å². The first-order valence-electron chi connectivity index (χ1n) is 9.50. The quantitative estimate of drug-likeness (QED) is 0.864. The van der Waals surface area contributed by atoms with Gasteiger partial charge < -0.3 is 16.0 Å². The number of fused-ring (bicyclic) bond motifs is 2. The number of rotatable bonds is 4. The van der Waals surface area contributed by atoms with Gasteiger partial charge in [0.25, 0.3) is 0 Å². The minimum absolute atomic E-state index is 0.0414. The van der Waals surface area contributed by atoms with Crippen molar-refractivity contribution in [1.82, 2.24) is 10.2 Å². The van der Waals surface area contributed by atoms with Gasteiger partial charge in [0, 0.05) is 37.5 Å². The Morgan fingerprint density at radius 3 is 3.00 bits per heavy atom. The predicted molar refractivity (Wildman–Crippen MR) is 95.9 cm³/mol. The highest BCUT2D eigenvalue weighted by molar-refractivity contribution is 5.86. The minimum atomic E-state index is -0.0881. The molecule has 1 spiro atoms. The smallest absolute Gasteiger partial charge is 0.226 e. The van der Waals surface area contributed by atoms with E-state index in [1.165, 1.54) is 11.1 Å². The Morgan fingerprint density at radius 2 is 2.16 bits per heavy atom. The molecule has 5 heteroatoms. The van der Waals surface area contributed by atoms with E-state index in [1.807, 2.05) is 4.90 Å². The van der Waals surface area contributed by atoms with Gasteiger partial charge in [0.2, 0.25) is 11.8 Å². The van der Waals surface area contributed by atoms with Crippen molar-refractivity contribution in [2.75, 3.05) is 26.2 Å². The fourth-order valence-corrected chi connectivity index (χ4v) is 4.87. The molecule has 4 rings (SSSR count). The number of likely N-dealkylation sites (tertiary alicyclic amines) is 1. The van der Waals surface area contributed by atoms with Gasteiger partial charge >= 0.3 is 0 Å². The largest absolute Gasteiger partial charge is 0.355 e. The summed E-state index contributed by atoms with van der Waals surface area (Å²) in [4.78, 5) is 27.2. The van der Waals surface area contributed by atoms with Crippen molar-refractivity contribution in [3.8, 4) is 0 Å². The summed E-state index contributed by atoms with van der Waals surface area (Å²) in [5.41, 5.74) is 8.35. The van der Waals surface area contributed by atoms with Crippen molar-refractivity contribution >= 4 is 11.8 Å². The third-order valence-electron chi connectivity index (χ3n) is 6.32. The molecule has 3 atom stereocenters. The summed E-state index contributed by atoms with van der Waals surface area (Å²) in [5, 5.41) is 2.87. The Kier molecular flexibility index (Phi) is 4.28. The molecule has 1 aliphatic heterocycles. The second-order valence-corrected chi connectivity index (χ2v) is 7.77. The third kappa shape index (κ3) is 2.84. The number of nitrogens with zero attached hydrogens (tertiary/aromatic N) is 1. The molecule has 2 amide bonds. The number of benzene rings is 1. The van der Waals surface area contributed by atoms with E-state index in [2.05, 4.69) is 29.6 Å². The van der Waals surface area contributed by atoms with E-state index >= 15 is 0 Å². The maximum absolute atomic E-state index is 13.1. The summed E-state index contributed by atoms with van der Waals surface area (Å²) < 4.78 is 0. The Hall–Kier alpha value is -1.88. The molecule has 3 N–H and O–H groups in total. The summed E-state index contributed by atoms with van der Waals surface area (Å²) in [7, 11) is 0. The monoisotopic (exact) mass is 341 g/mol. The van der Waals surface area contributed by atoms with Crippen LogP contribution in [0.25, 0.3) is 0 Å². The number of piperidine rings is 1. The lowest BCUT2D eigenvalue weighted by atomic mass is 9.93. The zero-order valence-electron chi connectivity index (χ0n) is 14.7. The third-order valence-corrected chi connectivity index (χ3v) is 6.32. The van der Waals surface area contributed by atoms with Crippen LogP contribution in [-0.2, 0) is 21.4 Å². The van der Waals surface area contributed by atoms with Crippen LogP contribution in [0.3, 0.4) is 0 Å². The fourth-order valence-electron chi connectivity index (χ4n) is 4.87. The average Bonchev–Trinajstić information content (AvgIpc) is 3.28. The molecule has 1 aromatic carbocycles. The van der Waals surface area contributed by atoms with E-state index in [0.29, 0.717) is 19.6 Å². The summed E-state index contributed by atoms with van der Waals surface area (Å²) in [6.45, 7) is 2.30. The number of hydrogen-bond donors (Lipinski definition) is 2. The number of aryl methyl sites for hydroxylation is 1. The van der Waals surface area contributed by atoms with Crippen LogP contribution in [-0.4, -0.2) is 42.9 Å². The van der Waals surface area contributed by atoms with Crippen LogP contribution in [0.4, 0.5) is 0 Å². The molecule has 3 aliphatic rings. The molecule has 0 aromatic heterocycles. The predicted octanol–water partition coefficient (Wildman–Crippen LogP) is 1.20. The van der Waals surface area contributed by atoms with Gasteiger partial charge in [-0.15, -0.1) is 0 Å². The number of amides is 2. The Bertz CT molecular complexity index is 689. The van der Waals surface area contributed by atoms with Gasteiger partial charge in [-0.1, -0.05) is 24.3 Å². The molecule has 2 aliphatic carbocycles. The fraction of sp³-hybridized carbons (Fsp3) is 0.600. The molecule has 2 fully saturated rings. The van der Waals surface area contributed by atoms with Gasteiger partial charge in [-0.25, -0.2) is 0 Å². The zero-order valence-corrected chi connectivity index (χ0v) is 14.7. The van der Waals surface area contributed by atoms with Crippen molar-refractivity contribution in [3.05, 3.63) is 35.4 Å². The van der Waals surface area contributed by atoms with Crippen LogP contribution in [0, 0.1) is 11.8 Å². The highest BCUT2D eigenvalue weighted by atomic mass is 16.2. The van der Waals surface area contributed by atoms with Gasteiger partial charge in [0.1, 0.15) is 0 Å². The van der Waals surface area contributed by atoms with Crippen LogP contribution < -0.4 is 11.1 Å². The average molecular weight is 341 g/mol. The number of hydrogen-bond acceptors (Lipinski definition) is 3. The number of carbonyl (C=O) groups is 2. The van der Waals surface area contributed by atoms with E-state index in [-0.39, 0.29) is 29.1 Å². The summed E-state index contributed by atoms with van der Waals surface area (Å²) in [6, 6.07) is 8.58. The van der Waals surface area contributed by atoms with Crippen LogP contribution in [0.5, 0.6) is 0 Å². The van der Waals surface area contributed by atoms with Gasteiger partial charge in [-0.3, -0.25) is 9.59 Å². The lowest BCUT2D eigenvalue weighted by molar-refractivity contribution is -0.137. The molecule has 1 saturated heterocycles. The van der Waals surface area contributed by atoms with Crippen molar-refractivity contribution in [2.24, 2.45) is 17.6 Å². The van der Waals surface area contributed by atoms with Gasteiger partial charge in [0.05, 0.1) is 5.92 Å². The molecule has 25 heavy (non-hydrogen) atoms.